The summed E-state index contributed by atoms with van der Waals surface area (Å²) in [6.07, 6.45) is 2.45. The van der Waals surface area contributed by atoms with E-state index in [1.807, 2.05) is 48.7 Å². The maximum absolute atomic E-state index is 12.9. The lowest BCUT2D eigenvalue weighted by atomic mass is 9.86. The second-order valence-corrected chi connectivity index (χ2v) is 10.9. The normalized spacial score (nSPS) is 15.9. The average molecular weight is 533 g/mol. The molecule has 194 valence electrons. The van der Waals surface area contributed by atoms with E-state index in [1.165, 1.54) is 16.0 Å². The average Bonchev–Trinajstić information content (AvgIpc) is 2.99. The Bertz CT molecular complexity index is 1110. The van der Waals surface area contributed by atoms with Crippen LogP contribution in [0.5, 0.6) is 0 Å². The highest BCUT2D eigenvalue weighted by Crippen LogP contribution is 2.41. The van der Waals surface area contributed by atoms with E-state index >= 15 is 0 Å². The molecule has 0 saturated carbocycles. The number of benzene rings is 2. The third-order valence-corrected chi connectivity index (χ3v) is 8.08. The van der Waals surface area contributed by atoms with Crippen LogP contribution in [0.15, 0.2) is 41.3 Å². The van der Waals surface area contributed by atoms with Crippen molar-refractivity contribution in [3.63, 3.8) is 0 Å². The fourth-order valence-corrected chi connectivity index (χ4v) is 5.93. The molecule has 2 aliphatic heterocycles. The van der Waals surface area contributed by atoms with Crippen LogP contribution in [0.4, 0.5) is 5.69 Å². The number of anilines is 1. The molecular weight excluding hydrogens is 500 g/mol. The smallest absolute Gasteiger partial charge is 0.303 e. The van der Waals surface area contributed by atoms with Gasteiger partial charge in [-0.15, -0.1) is 11.8 Å². The number of nitrogens with zero attached hydrogens (tertiary/aromatic N) is 1. The zero-order valence-corrected chi connectivity index (χ0v) is 22.3. The highest BCUT2D eigenvalue weighted by atomic mass is 35.5. The molecule has 2 aromatic rings. The number of thioether (sulfide) groups is 1. The van der Waals surface area contributed by atoms with Crippen LogP contribution in [0.25, 0.3) is 0 Å². The number of aliphatic carboxylic acids is 2. The first-order valence-electron chi connectivity index (χ1n) is 12.1. The number of carboxylic acid groups (broad SMARTS) is 2. The molecule has 0 atom stereocenters. The number of hydrogen-bond donors (Lipinski definition) is 3. The van der Waals surface area contributed by atoms with Gasteiger partial charge in [0, 0.05) is 17.1 Å². The van der Waals surface area contributed by atoms with Crippen LogP contribution in [0.2, 0.25) is 5.02 Å². The molecule has 0 aromatic heterocycles. The number of carboxylic acids is 2. The van der Waals surface area contributed by atoms with Crippen LogP contribution < -0.4 is 10.2 Å². The van der Waals surface area contributed by atoms with E-state index in [9.17, 15) is 14.4 Å². The van der Waals surface area contributed by atoms with Gasteiger partial charge in [-0.3, -0.25) is 14.4 Å². The topological polar surface area (TPSA) is 107 Å². The second kappa shape index (κ2) is 12.6. The van der Waals surface area contributed by atoms with Crippen molar-refractivity contribution in [2.24, 2.45) is 0 Å². The first-order valence-corrected chi connectivity index (χ1v) is 13.5. The van der Waals surface area contributed by atoms with Gasteiger partial charge in [-0.2, -0.15) is 0 Å². The first kappa shape index (κ1) is 28.0. The van der Waals surface area contributed by atoms with Gasteiger partial charge in [0.15, 0.2) is 0 Å². The highest BCUT2D eigenvalue weighted by Gasteiger charge is 2.43. The maximum Gasteiger partial charge on any atom is 0.303 e. The van der Waals surface area contributed by atoms with Crippen molar-refractivity contribution >= 4 is 46.9 Å². The van der Waals surface area contributed by atoms with Gasteiger partial charge in [0.1, 0.15) is 0 Å². The molecule has 0 aliphatic carbocycles. The van der Waals surface area contributed by atoms with E-state index in [0.29, 0.717) is 0 Å². The summed E-state index contributed by atoms with van der Waals surface area (Å²) in [5, 5.41) is 20.1. The number of carbonyl (C=O) groups is 3. The zero-order chi connectivity index (χ0) is 26.3. The quantitative estimate of drug-likeness (QED) is 0.332. The van der Waals surface area contributed by atoms with Crippen molar-refractivity contribution in [1.82, 2.24) is 5.32 Å². The van der Waals surface area contributed by atoms with Crippen LogP contribution >= 0.6 is 23.4 Å². The Kier molecular flexibility index (Phi) is 9.82. The Morgan fingerprint density at radius 1 is 1.06 bits per heavy atom. The molecule has 3 N–H and O–H groups in total. The van der Waals surface area contributed by atoms with Crippen LogP contribution in [-0.4, -0.2) is 53.4 Å². The summed E-state index contributed by atoms with van der Waals surface area (Å²) >= 11 is 8.38. The minimum absolute atomic E-state index is 0.205. The minimum Gasteiger partial charge on any atom is -0.481 e. The molecule has 0 spiro atoms. The summed E-state index contributed by atoms with van der Waals surface area (Å²) in [5.41, 5.74) is 4.60. The number of para-hydroxylation sites is 1. The van der Waals surface area contributed by atoms with Crippen LogP contribution in [0.1, 0.15) is 49.8 Å². The molecule has 0 fully saturated rings. The van der Waals surface area contributed by atoms with Crippen molar-refractivity contribution < 1.29 is 24.6 Å². The lowest BCUT2D eigenvalue weighted by Crippen LogP contribution is -2.36. The number of carbonyl (C=O) groups excluding carboxylic acids is 1. The van der Waals surface area contributed by atoms with Crippen molar-refractivity contribution in [3.05, 3.63) is 58.1 Å². The monoisotopic (exact) mass is 532 g/mol. The van der Waals surface area contributed by atoms with E-state index in [-0.39, 0.29) is 18.7 Å². The predicted octanol–water partition coefficient (Wildman–Crippen LogP) is 4.77. The van der Waals surface area contributed by atoms with Gasteiger partial charge in [0.2, 0.25) is 5.91 Å². The van der Waals surface area contributed by atoms with E-state index < -0.39 is 17.4 Å². The molecule has 0 bridgehead atoms. The van der Waals surface area contributed by atoms with Gasteiger partial charge in [0.05, 0.1) is 23.3 Å². The third-order valence-electron chi connectivity index (χ3n) is 6.41. The number of hydrogen-bond acceptors (Lipinski definition) is 5. The molecule has 0 saturated heterocycles. The molecule has 1 amide bonds. The SMILES string of the molecule is CC1(C)C(=O)N(CCCSc2c(Cl)ccc3c2CCNCC3)c2ccccc21.O=C(O)CCC(=O)O. The van der Waals surface area contributed by atoms with E-state index in [0.717, 1.165) is 60.9 Å². The first-order chi connectivity index (χ1) is 17.1. The fraction of sp³-hybridized carbons (Fsp3) is 0.444. The number of rotatable bonds is 8. The lowest BCUT2D eigenvalue weighted by molar-refractivity contribution is -0.143. The summed E-state index contributed by atoms with van der Waals surface area (Å²) in [7, 11) is 0. The van der Waals surface area contributed by atoms with Crippen LogP contribution in [0.3, 0.4) is 0 Å². The Hall–Kier alpha value is -2.55. The standard InChI is InChI=1S/C23H27ClN2OS.C4H6O4/c1-23(2)18-6-3-4-7-20(18)26(22(23)27)14-5-15-28-21-17-11-13-25-12-10-16(17)8-9-19(21)24;5-3(6)1-2-4(7)8/h3-4,6-9,25H,5,10-15H2,1-2H3;1-2H2,(H,5,6)(H,7,8). The Morgan fingerprint density at radius 3 is 2.42 bits per heavy atom. The van der Waals surface area contributed by atoms with E-state index in [2.05, 4.69) is 23.5 Å². The molecule has 0 radical (unpaired) electrons. The highest BCUT2D eigenvalue weighted by molar-refractivity contribution is 7.99. The van der Waals surface area contributed by atoms with Gasteiger partial charge < -0.3 is 20.4 Å². The molecule has 2 aliphatic rings. The van der Waals surface area contributed by atoms with Gasteiger partial charge in [-0.25, -0.2) is 0 Å². The molecule has 0 unspecified atom stereocenters. The molecule has 2 aromatic carbocycles. The summed E-state index contributed by atoms with van der Waals surface area (Å²) in [4.78, 5) is 35.4. The fourth-order valence-electron chi connectivity index (χ4n) is 4.50. The molecule has 7 nitrogen and oxygen atoms in total. The van der Waals surface area contributed by atoms with Gasteiger partial charge in [-0.05, 0) is 80.8 Å². The largest absolute Gasteiger partial charge is 0.481 e. The molecule has 36 heavy (non-hydrogen) atoms. The number of halogens is 1. The summed E-state index contributed by atoms with van der Waals surface area (Å²) in [5.74, 6) is -0.994. The number of amides is 1. The Balaban J connectivity index is 0.000000392. The van der Waals surface area contributed by atoms with Crippen molar-refractivity contribution in [3.8, 4) is 0 Å². The molecule has 4 rings (SSSR count). The van der Waals surface area contributed by atoms with Crippen molar-refractivity contribution in [1.29, 1.82) is 0 Å². The second-order valence-electron chi connectivity index (χ2n) is 9.35. The summed E-state index contributed by atoms with van der Waals surface area (Å²) < 4.78 is 0. The Labute approximate surface area is 221 Å². The Morgan fingerprint density at radius 2 is 1.72 bits per heavy atom. The van der Waals surface area contributed by atoms with E-state index in [4.69, 9.17) is 21.8 Å². The minimum atomic E-state index is -1.08. The third kappa shape index (κ3) is 6.81. The van der Waals surface area contributed by atoms with Crippen LogP contribution in [0, 0.1) is 0 Å². The summed E-state index contributed by atoms with van der Waals surface area (Å²) in [6.45, 7) is 6.84. The van der Waals surface area contributed by atoms with Crippen molar-refractivity contribution in [2.45, 2.75) is 56.3 Å². The lowest BCUT2D eigenvalue weighted by Gasteiger charge is -2.20. The summed E-state index contributed by atoms with van der Waals surface area (Å²) in [6, 6.07) is 12.4. The number of nitrogens with one attached hydrogen (secondary N) is 1. The van der Waals surface area contributed by atoms with Gasteiger partial charge >= 0.3 is 11.9 Å². The van der Waals surface area contributed by atoms with Crippen LogP contribution in [-0.2, 0) is 32.6 Å². The van der Waals surface area contributed by atoms with E-state index in [1.54, 1.807) is 0 Å². The van der Waals surface area contributed by atoms with Gasteiger partial charge in [0.25, 0.3) is 0 Å². The van der Waals surface area contributed by atoms with Crippen molar-refractivity contribution in [2.75, 3.05) is 30.3 Å². The predicted molar refractivity (Wildman–Crippen MR) is 143 cm³/mol. The number of fused-ring (bicyclic) bond motifs is 2. The molecular formula is C27H33ClN2O5S. The molecule has 2 heterocycles. The zero-order valence-electron chi connectivity index (χ0n) is 20.7. The van der Waals surface area contributed by atoms with Gasteiger partial charge in [-0.1, -0.05) is 35.9 Å². The maximum atomic E-state index is 12.9. The molecule has 9 heteroatoms.